The second-order valence-corrected chi connectivity index (χ2v) is 4.21. The van der Waals surface area contributed by atoms with Gasteiger partial charge in [0.2, 0.25) is 5.89 Å². The van der Waals surface area contributed by atoms with Crippen molar-refractivity contribution < 1.29 is 13.5 Å². The Hall–Kier alpha value is -1.95. The predicted molar refractivity (Wildman–Crippen MR) is 67.0 cm³/mol. The molecule has 2 N–H and O–H groups in total. The maximum atomic E-state index is 13.7. The zero-order chi connectivity index (χ0) is 13.8. The second kappa shape index (κ2) is 5.79. The zero-order valence-corrected chi connectivity index (χ0v) is 10.9. The van der Waals surface area contributed by atoms with Gasteiger partial charge < -0.3 is 14.9 Å². The summed E-state index contributed by atoms with van der Waals surface area (Å²) in [5.74, 6) is 0.546. The van der Waals surface area contributed by atoms with Crippen LogP contribution in [0.15, 0.2) is 22.6 Å². The topological polar surface area (TPSA) is 74.2 Å². The van der Waals surface area contributed by atoms with Crippen LogP contribution in [0.4, 0.5) is 4.39 Å². The highest BCUT2D eigenvalue weighted by Gasteiger charge is 2.10. The standard InChI is InChI=1S/C13H16FN3O2/c1-3-12-16-17-13(19-12)7-18-11-5-4-9(8(2)15)6-10(11)14/h4-6,8H,3,7,15H2,1-2H3/t8-/m1/s1. The van der Waals surface area contributed by atoms with Gasteiger partial charge in [0.05, 0.1) is 0 Å². The fourth-order valence-corrected chi connectivity index (χ4v) is 1.55. The van der Waals surface area contributed by atoms with Gasteiger partial charge in [-0.2, -0.15) is 0 Å². The van der Waals surface area contributed by atoms with Crippen LogP contribution in [0.25, 0.3) is 0 Å². The molecule has 1 aromatic heterocycles. The molecule has 0 fully saturated rings. The Labute approximate surface area is 110 Å². The molecule has 0 aliphatic rings. The Bertz CT molecular complexity index is 555. The van der Waals surface area contributed by atoms with Crippen LogP contribution in [0.5, 0.6) is 5.75 Å². The van der Waals surface area contributed by atoms with Crippen LogP contribution in [0.1, 0.15) is 37.2 Å². The maximum Gasteiger partial charge on any atom is 0.253 e. The van der Waals surface area contributed by atoms with E-state index in [-0.39, 0.29) is 18.4 Å². The molecular formula is C13H16FN3O2. The SMILES string of the molecule is CCc1nnc(COc2ccc([C@@H](C)N)cc2F)o1. The minimum Gasteiger partial charge on any atom is -0.481 e. The van der Waals surface area contributed by atoms with Crippen molar-refractivity contribution in [1.29, 1.82) is 0 Å². The lowest BCUT2D eigenvalue weighted by Gasteiger charge is -2.09. The number of rotatable bonds is 5. The largest absolute Gasteiger partial charge is 0.481 e. The van der Waals surface area contributed by atoms with Gasteiger partial charge in [0.25, 0.3) is 5.89 Å². The lowest BCUT2D eigenvalue weighted by molar-refractivity contribution is 0.248. The molecule has 0 bridgehead atoms. The summed E-state index contributed by atoms with van der Waals surface area (Å²) in [4.78, 5) is 0. The number of aromatic nitrogens is 2. The lowest BCUT2D eigenvalue weighted by Crippen LogP contribution is -2.06. The summed E-state index contributed by atoms with van der Waals surface area (Å²) < 4.78 is 24.3. The molecule has 0 unspecified atom stereocenters. The van der Waals surface area contributed by atoms with Crippen LogP contribution in [-0.2, 0) is 13.0 Å². The van der Waals surface area contributed by atoms with E-state index in [1.54, 1.807) is 19.1 Å². The highest BCUT2D eigenvalue weighted by molar-refractivity contribution is 5.30. The van der Waals surface area contributed by atoms with Crippen LogP contribution < -0.4 is 10.5 Å². The van der Waals surface area contributed by atoms with Gasteiger partial charge in [0, 0.05) is 12.5 Å². The van der Waals surface area contributed by atoms with Crippen LogP contribution in [0.3, 0.4) is 0 Å². The number of nitrogens with zero attached hydrogens (tertiary/aromatic N) is 2. The summed E-state index contributed by atoms with van der Waals surface area (Å²) in [5, 5.41) is 7.59. The molecule has 5 nitrogen and oxygen atoms in total. The van der Waals surface area contributed by atoms with Crippen molar-refractivity contribution in [3.8, 4) is 5.75 Å². The third kappa shape index (κ3) is 3.29. The molecule has 0 spiro atoms. The highest BCUT2D eigenvalue weighted by Crippen LogP contribution is 2.22. The van der Waals surface area contributed by atoms with Crippen LogP contribution in [0.2, 0.25) is 0 Å². The summed E-state index contributed by atoms with van der Waals surface area (Å²) in [6.45, 7) is 3.74. The molecule has 1 heterocycles. The van der Waals surface area contributed by atoms with Crippen LogP contribution >= 0.6 is 0 Å². The summed E-state index contributed by atoms with van der Waals surface area (Å²) in [7, 11) is 0. The third-order valence-electron chi connectivity index (χ3n) is 2.64. The second-order valence-electron chi connectivity index (χ2n) is 4.21. The van der Waals surface area contributed by atoms with Crippen molar-refractivity contribution in [2.45, 2.75) is 32.9 Å². The Morgan fingerprint density at radius 1 is 1.37 bits per heavy atom. The molecule has 1 atom stereocenters. The molecule has 2 rings (SSSR count). The number of halogens is 1. The number of aryl methyl sites for hydroxylation is 1. The lowest BCUT2D eigenvalue weighted by atomic mass is 10.1. The van der Waals surface area contributed by atoms with Crippen molar-refractivity contribution in [3.63, 3.8) is 0 Å². The molecule has 102 valence electrons. The minimum atomic E-state index is -0.454. The van der Waals surface area contributed by atoms with E-state index in [0.29, 0.717) is 18.2 Å². The summed E-state index contributed by atoms with van der Waals surface area (Å²) >= 11 is 0. The van der Waals surface area contributed by atoms with Gasteiger partial charge in [-0.05, 0) is 24.6 Å². The number of ether oxygens (including phenoxy) is 1. The van der Waals surface area contributed by atoms with Crippen molar-refractivity contribution in [2.24, 2.45) is 5.73 Å². The van der Waals surface area contributed by atoms with Gasteiger partial charge in [-0.3, -0.25) is 0 Å². The minimum absolute atomic E-state index is 0.0431. The van der Waals surface area contributed by atoms with Gasteiger partial charge in [-0.15, -0.1) is 10.2 Å². The first-order valence-electron chi connectivity index (χ1n) is 6.09. The van der Waals surface area contributed by atoms with E-state index in [2.05, 4.69) is 10.2 Å². The molecule has 0 aliphatic carbocycles. The van der Waals surface area contributed by atoms with E-state index in [1.807, 2.05) is 6.92 Å². The van der Waals surface area contributed by atoms with Gasteiger partial charge in [-0.25, -0.2) is 4.39 Å². The Balaban J connectivity index is 2.03. The number of hydrogen-bond donors (Lipinski definition) is 1. The molecule has 2 aromatic rings. The molecule has 0 radical (unpaired) electrons. The van der Waals surface area contributed by atoms with Crippen molar-refractivity contribution in [1.82, 2.24) is 10.2 Å². The first-order chi connectivity index (χ1) is 9.10. The number of hydrogen-bond acceptors (Lipinski definition) is 5. The first kappa shape index (κ1) is 13.5. The van der Waals surface area contributed by atoms with E-state index in [9.17, 15) is 4.39 Å². The first-order valence-corrected chi connectivity index (χ1v) is 6.09. The predicted octanol–water partition coefficient (Wildman–Crippen LogP) is 2.37. The fraction of sp³-hybridized carbons (Fsp3) is 0.385. The maximum absolute atomic E-state index is 13.7. The molecule has 1 aromatic carbocycles. The van der Waals surface area contributed by atoms with E-state index >= 15 is 0 Å². The van der Waals surface area contributed by atoms with Crippen molar-refractivity contribution in [3.05, 3.63) is 41.4 Å². The van der Waals surface area contributed by atoms with E-state index < -0.39 is 5.82 Å². The smallest absolute Gasteiger partial charge is 0.253 e. The summed E-state index contributed by atoms with van der Waals surface area (Å²) in [6, 6.07) is 4.43. The van der Waals surface area contributed by atoms with Crippen molar-refractivity contribution in [2.75, 3.05) is 0 Å². The zero-order valence-electron chi connectivity index (χ0n) is 10.9. The Morgan fingerprint density at radius 3 is 2.68 bits per heavy atom. The Kier molecular flexibility index (Phi) is 4.11. The molecule has 0 aliphatic heterocycles. The average Bonchev–Trinajstić information content (AvgIpc) is 2.85. The molecule has 0 saturated heterocycles. The third-order valence-corrected chi connectivity index (χ3v) is 2.64. The number of nitrogens with two attached hydrogens (primary N) is 1. The summed E-state index contributed by atoms with van der Waals surface area (Å²) in [6.07, 6.45) is 0.657. The number of benzene rings is 1. The van der Waals surface area contributed by atoms with Gasteiger partial charge in [-0.1, -0.05) is 13.0 Å². The van der Waals surface area contributed by atoms with Crippen LogP contribution in [-0.4, -0.2) is 10.2 Å². The molecule has 19 heavy (non-hydrogen) atoms. The highest BCUT2D eigenvalue weighted by atomic mass is 19.1. The van der Waals surface area contributed by atoms with E-state index in [4.69, 9.17) is 14.9 Å². The van der Waals surface area contributed by atoms with Gasteiger partial charge >= 0.3 is 0 Å². The van der Waals surface area contributed by atoms with Crippen LogP contribution in [0, 0.1) is 5.82 Å². The quantitative estimate of drug-likeness (QED) is 0.898. The average molecular weight is 265 g/mol. The fourth-order valence-electron chi connectivity index (χ4n) is 1.55. The Morgan fingerprint density at radius 2 is 2.11 bits per heavy atom. The van der Waals surface area contributed by atoms with Gasteiger partial charge in [0.1, 0.15) is 0 Å². The van der Waals surface area contributed by atoms with E-state index in [1.165, 1.54) is 6.07 Å². The molecule has 0 amide bonds. The van der Waals surface area contributed by atoms with E-state index in [0.717, 1.165) is 5.56 Å². The molecule has 6 heteroatoms. The summed E-state index contributed by atoms with van der Waals surface area (Å²) in [5.41, 5.74) is 6.39. The monoisotopic (exact) mass is 265 g/mol. The van der Waals surface area contributed by atoms with Crippen molar-refractivity contribution >= 4 is 0 Å². The van der Waals surface area contributed by atoms with Gasteiger partial charge in [0.15, 0.2) is 18.2 Å². The molecule has 0 saturated carbocycles. The normalized spacial score (nSPS) is 12.4. The molecular weight excluding hydrogens is 249 g/mol.